The van der Waals surface area contributed by atoms with Crippen LogP contribution in [-0.4, -0.2) is 32.1 Å². The molecule has 1 fully saturated rings. The van der Waals surface area contributed by atoms with Crippen LogP contribution in [0.25, 0.3) is 21.9 Å². The molecule has 0 radical (unpaired) electrons. The molecule has 3 N–H and O–H groups in total. The molecule has 118 valence electrons. The van der Waals surface area contributed by atoms with Gasteiger partial charge in [-0.05, 0) is 31.7 Å². The van der Waals surface area contributed by atoms with E-state index in [1.54, 1.807) is 6.33 Å². The molecule has 6 nitrogen and oxygen atoms in total. The lowest BCUT2D eigenvalue weighted by Gasteiger charge is -2.27. The third kappa shape index (κ3) is 2.50. The monoisotopic (exact) mass is 310 g/mol. The molecule has 1 aromatic carbocycles. The second-order valence-corrected chi connectivity index (χ2v) is 6.15. The van der Waals surface area contributed by atoms with Gasteiger partial charge in [-0.25, -0.2) is 9.97 Å². The number of nitrogens with one attached hydrogen (secondary N) is 2. The average molecular weight is 310 g/mol. The molecule has 4 rings (SSSR count). The number of aromatic amines is 1. The summed E-state index contributed by atoms with van der Waals surface area (Å²) in [5.41, 5.74) is 1.86. The van der Waals surface area contributed by atoms with E-state index in [4.69, 9.17) is 5.11 Å². The number of aromatic nitrogens is 3. The molecule has 1 saturated carbocycles. The molecule has 1 aliphatic rings. The highest BCUT2D eigenvalue weighted by molar-refractivity contribution is 6.10. The van der Waals surface area contributed by atoms with E-state index in [0.29, 0.717) is 0 Å². The van der Waals surface area contributed by atoms with Crippen LogP contribution >= 0.6 is 0 Å². The first-order valence-corrected chi connectivity index (χ1v) is 7.93. The van der Waals surface area contributed by atoms with Crippen LogP contribution in [0.4, 0.5) is 5.82 Å². The van der Waals surface area contributed by atoms with Gasteiger partial charge in [0.15, 0.2) is 0 Å². The van der Waals surface area contributed by atoms with Crippen LogP contribution < -0.4 is 5.32 Å². The molecular formula is C17H18N4O2. The Balaban J connectivity index is 1.63. The van der Waals surface area contributed by atoms with Crippen molar-refractivity contribution in [1.82, 2.24) is 15.0 Å². The molecule has 0 atom stereocenters. The maximum atomic E-state index is 11.1. The maximum absolute atomic E-state index is 11.1. The smallest absolute Gasteiger partial charge is 0.306 e. The summed E-state index contributed by atoms with van der Waals surface area (Å²) in [5, 5.41) is 14.7. The Morgan fingerprint density at radius 3 is 2.74 bits per heavy atom. The number of benzene rings is 1. The van der Waals surface area contributed by atoms with Gasteiger partial charge in [-0.3, -0.25) is 4.79 Å². The zero-order chi connectivity index (χ0) is 15.8. The summed E-state index contributed by atoms with van der Waals surface area (Å²) in [5.74, 6) is -0.0534. The van der Waals surface area contributed by atoms with E-state index < -0.39 is 5.97 Å². The number of carbonyl (C=O) groups is 1. The second kappa shape index (κ2) is 5.53. The third-order valence-electron chi connectivity index (χ3n) is 4.71. The second-order valence-electron chi connectivity index (χ2n) is 6.15. The van der Waals surface area contributed by atoms with Crippen molar-refractivity contribution >= 4 is 33.7 Å². The lowest BCUT2D eigenvalue weighted by atomic mass is 9.86. The summed E-state index contributed by atoms with van der Waals surface area (Å²) >= 11 is 0. The normalized spacial score (nSPS) is 21.6. The van der Waals surface area contributed by atoms with Crippen molar-refractivity contribution in [3.8, 4) is 0 Å². The van der Waals surface area contributed by atoms with E-state index in [1.165, 1.54) is 0 Å². The molecule has 0 bridgehead atoms. The quantitative estimate of drug-likeness (QED) is 0.691. The molecule has 0 unspecified atom stereocenters. The zero-order valence-corrected chi connectivity index (χ0v) is 12.6. The van der Waals surface area contributed by atoms with Gasteiger partial charge in [0.05, 0.1) is 11.3 Å². The van der Waals surface area contributed by atoms with Gasteiger partial charge in [0.1, 0.15) is 17.8 Å². The van der Waals surface area contributed by atoms with Gasteiger partial charge in [0.25, 0.3) is 0 Å². The van der Waals surface area contributed by atoms with Crippen LogP contribution in [-0.2, 0) is 4.79 Å². The van der Waals surface area contributed by atoms with Crippen molar-refractivity contribution in [1.29, 1.82) is 0 Å². The van der Waals surface area contributed by atoms with Gasteiger partial charge in [-0.2, -0.15) is 0 Å². The summed E-state index contributed by atoms with van der Waals surface area (Å²) in [6.45, 7) is 0. The summed E-state index contributed by atoms with van der Waals surface area (Å²) in [7, 11) is 0. The number of H-pyrrole nitrogens is 1. The highest BCUT2D eigenvalue weighted by atomic mass is 16.4. The number of nitrogens with zero attached hydrogens (tertiary/aromatic N) is 2. The Hall–Kier alpha value is -2.63. The van der Waals surface area contributed by atoms with Crippen molar-refractivity contribution in [3.05, 3.63) is 30.6 Å². The summed E-state index contributed by atoms with van der Waals surface area (Å²) in [6, 6.07) is 8.34. The fraction of sp³-hybridized carbons (Fsp3) is 0.353. The van der Waals surface area contributed by atoms with Gasteiger partial charge in [-0.15, -0.1) is 0 Å². The lowest BCUT2D eigenvalue weighted by Crippen LogP contribution is -2.29. The largest absolute Gasteiger partial charge is 0.481 e. The van der Waals surface area contributed by atoms with Gasteiger partial charge >= 0.3 is 5.97 Å². The Morgan fingerprint density at radius 1 is 1.17 bits per heavy atom. The predicted molar refractivity (Wildman–Crippen MR) is 88.4 cm³/mol. The maximum Gasteiger partial charge on any atom is 0.306 e. The number of hydrogen-bond acceptors (Lipinski definition) is 4. The van der Waals surface area contributed by atoms with E-state index in [2.05, 4.69) is 26.3 Å². The third-order valence-corrected chi connectivity index (χ3v) is 4.71. The molecule has 0 aliphatic heterocycles. The molecule has 23 heavy (non-hydrogen) atoms. The van der Waals surface area contributed by atoms with Gasteiger partial charge < -0.3 is 15.4 Å². The Morgan fingerprint density at radius 2 is 1.96 bits per heavy atom. The summed E-state index contributed by atoms with van der Waals surface area (Å²) in [4.78, 5) is 23.1. The molecular weight excluding hydrogens is 292 g/mol. The van der Waals surface area contributed by atoms with Crippen LogP contribution in [0.15, 0.2) is 30.6 Å². The molecule has 6 heteroatoms. The number of hydrogen-bond donors (Lipinski definition) is 3. The highest BCUT2D eigenvalue weighted by Gasteiger charge is 2.26. The highest BCUT2D eigenvalue weighted by Crippen LogP contribution is 2.31. The van der Waals surface area contributed by atoms with E-state index >= 15 is 0 Å². The zero-order valence-electron chi connectivity index (χ0n) is 12.6. The Kier molecular flexibility index (Phi) is 3.37. The number of carboxylic acids is 1. The van der Waals surface area contributed by atoms with Crippen LogP contribution in [0.1, 0.15) is 25.7 Å². The lowest BCUT2D eigenvalue weighted by molar-refractivity contribution is -0.142. The van der Waals surface area contributed by atoms with Gasteiger partial charge in [-0.1, -0.05) is 18.2 Å². The molecule has 2 aromatic heterocycles. The topological polar surface area (TPSA) is 90.9 Å². The predicted octanol–water partition coefficient (Wildman–Crippen LogP) is 3.17. The number of carboxylic acid groups (broad SMARTS) is 1. The molecule has 0 saturated heterocycles. The fourth-order valence-electron chi connectivity index (χ4n) is 3.46. The van der Waals surface area contributed by atoms with E-state index in [-0.39, 0.29) is 12.0 Å². The number of para-hydroxylation sites is 1. The van der Waals surface area contributed by atoms with E-state index in [1.807, 2.05) is 18.2 Å². The van der Waals surface area contributed by atoms with Crippen LogP contribution in [0.5, 0.6) is 0 Å². The molecule has 3 aromatic rings. The summed E-state index contributed by atoms with van der Waals surface area (Å²) < 4.78 is 0. The minimum absolute atomic E-state index is 0.202. The fourth-order valence-corrected chi connectivity index (χ4v) is 3.46. The summed E-state index contributed by atoms with van der Waals surface area (Å²) in [6.07, 6.45) is 4.70. The van der Waals surface area contributed by atoms with E-state index in [0.717, 1.165) is 53.4 Å². The average Bonchev–Trinajstić information content (AvgIpc) is 2.95. The standard InChI is InChI=1S/C17H18N4O2/c22-17(23)10-5-7-11(8-6-10)20-15-14-12-3-1-2-4-13(12)21-16(14)19-9-18-15/h1-4,9-11H,5-8H2,(H,22,23)(H2,18,19,20,21). The first kappa shape index (κ1) is 14.0. The molecule has 0 spiro atoms. The van der Waals surface area contributed by atoms with Gasteiger partial charge in [0, 0.05) is 16.9 Å². The van der Waals surface area contributed by atoms with Crippen molar-refractivity contribution in [2.24, 2.45) is 5.92 Å². The van der Waals surface area contributed by atoms with Crippen molar-refractivity contribution < 1.29 is 9.90 Å². The first-order chi connectivity index (χ1) is 11.2. The van der Waals surface area contributed by atoms with Crippen LogP contribution in [0.2, 0.25) is 0 Å². The van der Waals surface area contributed by atoms with Crippen molar-refractivity contribution in [2.75, 3.05) is 5.32 Å². The van der Waals surface area contributed by atoms with Crippen molar-refractivity contribution in [2.45, 2.75) is 31.7 Å². The minimum Gasteiger partial charge on any atom is -0.481 e. The van der Waals surface area contributed by atoms with Crippen LogP contribution in [0.3, 0.4) is 0 Å². The molecule has 1 aliphatic carbocycles. The number of fused-ring (bicyclic) bond motifs is 3. The number of aliphatic carboxylic acids is 1. The number of anilines is 1. The van der Waals surface area contributed by atoms with Crippen molar-refractivity contribution in [3.63, 3.8) is 0 Å². The SMILES string of the molecule is O=C(O)C1CCC(Nc2ncnc3[nH]c4ccccc4c23)CC1. The van der Waals surface area contributed by atoms with E-state index in [9.17, 15) is 4.79 Å². The Labute approximate surface area is 132 Å². The molecule has 2 heterocycles. The first-order valence-electron chi connectivity index (χ1n) is 7.93. The van der Waals surface area contributed by atoms with Crippen LogP contribution in [0, 0.1) is 5.92 Å². The van der Waals surface area contributed by atoms with Gasteiger partial charge in [0.2, 0.25) is 0 Å². The number of rotatable bonds is 3. The minimum atomic E-state index is -0.676. The Bertz CT molecular complexity index is 865. The molecule has 0 amide bonds.